The first-order valence-electron chi connectivity index (χ1n) is 7.32. The smallest absolute Gasteiger partial charge is 0.328 e. The fraction of sp³-hybridized carbons (Fsp3) is 0.533. The van der Waals surface area contributed by atoms with Gasteiger partial charge in [-0.05, 0) is 19.9 Å². The van der Waals surface area contributed by atoms with Crippen LogP contribution >= 0.6 is 0 Å². The van der Waals surface area contributed by atoms with E-state index < -0.39 is 5.97 Å². The molecule has 0 unspecified atom stereocenters. The number of ether oxygens (including phenoxy) is 1. The number of hydrogen-bond donors (Lipinski definition) is 1. The highest BCUT2D eigenvalue weighted by Gasteiger charge is 2.21. The van der Waals surface area contributed by atoms with Crippen LogP contribution in [0.3, 0.4) is 0 Å². The van der Waals surface area contributed by atoms with E-state index in [-0.39, 0.29) is 6.04 Å². The number of aromatic nitrogens is 2. The minimum atomic E-state index is -1.00. The van der Waals surface area contributed by atoms with Crippen molar-refractivity contribution in [2.75, 3.05) is 43.2 Å². The summed E-state index contributed by atoms with van der Waals surface area (Å²) in [6.45, 7) is 7.05. The van der Waals surface area contributed by atoms with E-state index in [0.29, 0.717) is 18.9 Å². The number of morpholine rings is 1. The highest BCUT2D eigenvalue weighted by Crippen LogP contribution is 2.26. The third kappa shape index (κ3) is 3.94. The average Bonchev–Trinajstić information content (AvgIpc) is 2.52. The summed E-state index contributed by atoms with van der Waals surface area (Å²) in [6.07, 6.45) is 4.12. The maximum absolute atomic E-state index is 10.6. The molecule has 0 saturated carbocycles. The summed E-state index contributed by atoms with van der Waals surface area (Å²) < 4.78 is 5.38. The van der Waals surface area contributed by atoms with E-state index in [1.54, 1.807) is 6.20 Å². The Morgan fingerprint density at radius 1 is 1.45 bits per heavy atom. The lowest BCUT2D eigenvalue weighted by atomic mass is 10.3. The van der Waals surface area contributed by atoms with Crippen LogP contribution in [0.25, 0.3) is 6.08 Å². The van der Waals surface area contributed by atoms with Gasteiger partial charge in [0.05, 0.1) is 25.1 Å². The Kier molecular flexibility index (Phi) is 5.32. The number of aliphatic carboxylic acids is 1. The second kappa shape index (κ2) is 7.22. The molecule has 1 aliphatic rings. The number of hydrogen-bond acceptors (Lipinski definition) is 6. The minimum Gasteiger partial charge on any atom is -0.478 e. The van der Waals surface area contributed by atoms with Crippen molar-refractivity contribution >= 4 is 23.7 Å². The van der Waals surface area contributed by atoms with Crippen molar-refractivity contribution in [1.82, 2.24) is 9.97 Å². The lowest BCUT2D eigenvalue weighted by Gasteiger charge is -2.32. The zero-order valence-electron chi connectivity index (χ0n) is 13.2. The third-order valence-electron chi connectivity index (χ3n) is 3.57. The molecule has 22 heavy (non-hydrogen) atoms. The van der Waals surface area contributed by atoms with Crippen molar-refractivity contribution in [3.05, 3.63) is 18.0 Å². The van der Waals surface area contributed by atoms with Gasteiger partial charge < -0.3 is 19.6 Å². The number of carboxylic acid groups (broad SMARTS) is 1. The Hall–Kier alpha value is -2.15. The summed E-state index contributed by atoms with van der Waals surface area (Å²) in [4.78, 5) is 23.9. The van der Waals surface area contributed by atoms with E-state index >= 15 is 0 Å². The van der Waals surface area contributed by atoms with Crippen LogP contribution in [0.1, 0.15) is 19.5 Å². The number of carbonyl (C=O) groups is 1. The van der Waals surface area contributed by atoms with Crippen molar-refractivity contribution in [2.24, 2.45) is 0 Å². The molecule has 1 aromatic rings. The second-order valence-electron chi connectivity index (χ2n) is 5.42. The Morgan fingerprint density at radius 3 is 2.73 bits per heavy atom. The zero-order valence-corrected chi connectivity index (χ0v) is 13.2. The molecule has 2 rings (SSSR count). The van der Waals surface area contributed by atoms with Crippen LogP contribution < -0.4 is 9.80 Å². The molecule has 120 valence electrons. The van der Waals surface area contributed by atoms with Gasteiger partial charge in [0.2, 0.25) is 0 Å². The Bertz CT molecular complexity index is 554. The maximum atomic E-state index is 10.6. The molecule has 1 aromatic heterocycles. The van der Waals surface area contributed by atoms with Crippen LogP contribution in [-0.4, -0.2) is 60.4 Å². The second-order valence-corrected chi connectivity index (χ2v) is 5.42. The van der Waals surface area contributed by atoms with Gasteiger partial charge in [-0.2, -0.15) is 0 Å². The monoisotopic (exact) mass is 306 g/mol. The fourth-order valence-corrected chi connectivity index (χ4v) is 2.10. The van der Waals surface area contributed by atoms with Crippen molar-refractivity contribution in [3.8, 4) is 0 Å². The van der Waals surface area contributed by atoms with E-state index in [0.717, 1.165) is 30.8 Å². The summed E-state index contributed by atoms with van der Waals surface area (Å²) in [7, 11) is 1.96. The van der Waals surface area contributed by atoms with E-state index in [9.17, 15) is 4.79 Å². The first-order chi connectivity index (χ1) is 10.5. The SMILES string of the molecule is CC(C)N(C)c1nc(C=CC(=O)O)cnc1N1CCOCC1. The molecule has 0 spiro atoms. The summed E-state index contributed by atoms with van der Waals surface area (Å²) in [6, 6.07) is 0.257. The molecular formula is C15H22N4O3. The van der Waals surface area contributed by atoms with Gasteiger partial charge in [0.1, 0.15) is 0 Å². The molecule has 1 N–H and O–H groups in total. The van der Waals surface area contributed by atoms with Crippen LogP contribution in [0.15, 0.2) is 12.3 Å². The predicted octanol–water partition coefficient (Wildman–Crippen LogP) is 1.26. The molecule has 7 heteroatoms. The topological polar surface area (TPSA) is 78.8 Å². The quantitative estimate of drug-likeness (QED) is 0.820. The largest absolute Gasteiger partial charge is 0.478 e. The summed E-state index contributed by atoms with van der Waals surface area (Å²) in [5.74, 6) is 0.564. The standard InChI is InChI=1S/C15H22N4O3/c1-11(2)18(3)15-14(19-6-8-22-9-7-19)16-10-12(17-15)4-5-13(20)21/h4-5,10-11H,6-9H2,1-3H3,(H,20,21). The molecule has 0 radical (unpaired) electrons. The molecule has 1 fully saturated rings. The molecule has 2 heterocycles. The maximum Gasteiger partial charge on any atom is 0.328 e. The number of carboxylic acids is 1. The first-order valence-corrected chi connectivity index (χ1v) is 7.32. The van der Waals surface area contributed by atoms with Gasteiger partial charge in [-0.3, -0.25) is 0 Å². The van der Waals surface area contributed by atoms with Crippen molar-refractivity contribution in [1.29, 1.82) is 0 Å². The predicted molar refractivity (Wildman–Crippen MR) is 85.3 cm³/mol. The number of anilines is 2. The van der Waals surface area contributed by atoms with Gasteiger partial charge in [0, 0.05) is 32.3 Å². The third-order valence-corrected chi connectivity index (χ3v) is 3.57. The normalized spacial score (nSPS) is 15.5. The van der Waals surface area contributed by atoms with Crippen LogP contribution in [0.4, 0.5) is 11.6 Å². The summed E-state index contributed by atoms with van der Waals surface area (Å²) in [5.41, 5.74) is 0.530. The van der Waals surface area contributed by atoms with Crippen LogP contribution in [-0.2, 0) is 9.53 Å². The van der Waals surface area contributed by atoms with Gasteiger partial charge >= 0.3 is 5.97 Å². The van der Waals surface area contributed by atoms with Gasteiger partial charge in [-0.1, -0.05) is 0 Å². The molecule has 1 saturated heterocycles. The van der Waals surface area contributed by atoms with E-state index in [1.807, 2.05) is 11.9 Å². The summed E-state index contributed by atoms with van der Waals surface area (Å²) >= 11 is 0. The zero-order chi connectivity index (χ0) is 16.1. The van der Waals surface area contributed by atoms with E-state index in [2.05, 4.69) is 28.7 Å². The van der Waals surface area contributed by atoms with Crippen LogP contribution in [0.5, 0.6) is 0 Å². The Labute approximate surface area is 130 Å². The highest BCUT2D eigenvalue weighted by atomic mass is 16.5. The molecule has 0 amide bonds. The molecule has 0 bridgehead atoms. The molecule has 7 nitrogen and oxygen atoms in total. The van der Waals surface area contributed by atoms with Crippen molar-refractivity contribution < 1.29 is 14.6 Å². The van der Waals surface area contributed by atoms with Crippen LogP contribution in [0, 0.1) is 0 Å². The highest BCUT2D eigenvalue weighted by molar-refractivity contribution is 5.85. The van der Waals surface area contributed by atoms with Gasteiger partial charge in [-0.25, -0.2) is 14.8 Å². The molecule has 0 aromatic carbocycles. The Morgan fingerprint density at radius 2 is 2.14 bits per heavy atom. The Balaban J connectivity index is 2.37. The van der Waals surface area contributed by atoms with E-state index in [4.69, 9.17) is 9.84 Å². The molecule has 1 aliphatic heterocycles. The van der Waals surface area contributed by atoms with Crippen molar-refractivity contribution in [3.63, 3.8) is 0 Å². The first kappa shape index (κ1) is 16.2. The van der Waals surface area contributed by atoms with Crippen molar-refractivity contribution in [2.45, 2.75) is 19.9 Å². The number of nitrogens with zero attached hydrogens (tertiary/aromatic N) is 4. The lowest BCUT2D eigenvalue weighted by Crippen LogP contribution is -2.39. The molecular weight excluding hydrogens is 284 g/mol. The van der Waals surface area contributed by atoms with E-state index in [1.165, 1.54) is 6.08 Å². The average molecular weight is 306 g/mol. The fourth-order valence-electron chi connectivity index (χ4n) is 2.10. The molecule has 0 atom stereocenters. The summed E-state index contributed by atoms with van der Waals surface area (Å²) in [5, 5.41) is 8.73. The lowest BCUT2D eigenvalue weighted by molar-refractivity contribution is -0.131. The van der Waals surface area contributed by atoms with Crippen LogP contribution in [0.2, 0.25) is 0 Å². The minimum absolute atomic E-state index is 0.257. The van der Waals surface area contributed by atoms with Gasteiger partial charge in [0.15, 0.2) is 11.6 Å². The molecule has 0 aliphatic carbocycles. The van der Waals surface area contributed by atoms with Gasteiger partial charge in [-0.15, -0.1) is 0 Å². The van der Waals surface area contributed by atoms with Gasteiger partial charge in [0.25, 0.3) is 0 Å². The number of rotatable bonds is 5.